The van der Waals surface area contributed by atoms with Gasteiger partial charge in [-0.2, -0.15) is 5.10 Å². The molecular formula is C13H13ClN2O. The second kappa shape index (κ2) is 4.72. The number of hydrogen-bond acceptors (Lipinski definition) is 3. The summed E-state index contributed by atoms with van der Waals surface area (Å²) in [4.78, 5) is 9.94. The van der Waals surface area contributed by atoms with E-state index in [9.17, 15) is 4.79 Å². The van der Waals surface area contributed by atoms with Gasteiger partial charge in [0, 0.05) is 6.21 Å². The molecule has 0 aromatic heterocycles. The number of hydrazone groups is 1. The first kappa shape index (κ1) is 11.9. The standard InChI is InChI=1S/C13H13ClN2O/c1-11(12-6-3-2-4-7-12)16-13(14,10-17)8-5-9-15-16/h2-11H,1H3. The summed E-state index contributed by atoms with van der Waals surface area (Å²) in [6.45, 7) is 1.96. The van der Waals surface area contributed by atoms with Crippen molar-refractivity contribution >= 4 is 24.1 Å². The van der Waals surface area contributed by atoms with Gasteiger partial charge in [0.2, 0.25) is 5.00 Å². The summed E-state index contributed by atoms with van der Waals surface area (Å²) in [7, 11) is 0. The van der Waals surface area contributed by atoms with Crippen molar-refractivity contribution in [3.05, 3.63) is 48.0 Å². The molecular weight excluding hydrogens is 236 g/mol. The quantitative estimate of drug-likeness (QED) is 0.468. The summed E-state index contributed by atoms with van der Waals surface area (Å²) in [6.07, 6.45) is 5.63. The first-order valence-corrected chi connectivity index (χ1v) is 5.76. The van der Waals surface area contributed by atoms with Crippen LogP contribution in [0.4, 0.5) is 0 Å². The Bertz CT molecular complexity index is 458. The molecule has 88 valence electrons. The molecule has 1 aliphatic rings. The monoisotopic (exact) mass is 248 g/mol. The minimum atomic E-state index is -1.19. The van der Waals surface area contributed by atoms with Gasteiger partial charge in [0.1, 0.15) is 0 Å². The third-order valence-electron chi connectivity index (χ3n) is 2.77. The van der Waals surface area contributed by atoms with Crippen molar-refractivity contribution in [3.8, 4) is 0 Å². The zero-order valence-electron chi connectivity index (χ0n) is 9.45. The van der Waals surface area contributed by atoms with Crippen LogP contribution < -0.4 is 0 Å². The van der Waals surface area contributed by atoms with Gasteiger partial charge in [0.15, 0.2) is 6.29 Å². The van der Waals surface area contributed by atoms with Crippen LogP contribution >= 0.6 is 11.6 Å². The Balaban J connectivity index is 2.31. The van der Waals surface area contributed by atoms with E-state index in [1.165, 1.54) is 0 Å². The molecule has 1 aromatic carbocycles. The maximum Gasteiger partial charge on any atom is 0.205 e. The average Bonchev–Trinajstić information content (AvgIpc) is 2.39. The molecule has 0 fully saturated rings. The molecule has 0 saturated heterocycles. The molecule has 1 aromatic rings. The highest BCUT2D eigenvalue weighted by Crippen LogP contribution is 2.32. The van der Waals surface area contributed by atoms with E-state index in [0.29, 0.717) is 6.29 Å². The number of carbonyl (C=O) groups excluding carboxylic acids is 1. The predicted molar refractivity (Wildman–Crippen MR) is 69.0 cm³/mol. The van der Waals surface area contributed by atoms with Gasteiger partial charge in [-0.25, -0.2) is 0 Å². The summed E-state index contributed by atoms with van der Waals surface area (Å²) in [5.41, 5.74) is 1.06. The van der Waals surface area contributed by atoms with Crippen LogP contribution in [0.2, 0.25) is 0 Å². The van der Waals surface area contributed by atoms with Crippen LogP contribution in [0, 0.1) is 0 Å². The number of hydrogen-bond donors (Lipinski definition) is 0. The van der Waals surface area contributed by atoms with Gasteiger partial charge < -0.3 is 0 Å². The topological polar surface area (TPSA) is 32.7 Å². The Morgan fingerprint density at radius 3 is 2.76 bits per heavy atom. The number of aldehydes is 1. The maximum atomic E-state index is 11.1. The zero-order chi connectivity index (χ0) is 12.3. The highest BCUT2D eigenvalue weighted by molar-refractivity contribution is 6.33. The number of halogens is 1. The first-order valence-electron chi connectivity index (χ1n) is 5.39. The summed E-state index contributed by atoms with van der Waals surface area (Å²) < 4.78 is 0. The summed E-state index contributed by atoms with van der Waals surface area (Å²) in [5, 5.41) is 5.78. The Kier molecular flexibility index (Phi) is 3.29. The third kappa shape index (κ3) is 2.24. The Morgan fingerprint density at radius 2 is 2.12 bits per heavy atom. The Morgan fingerprint density at radius 1 is 1.41 bits per heavy atom. The van der Waals surface area contributed by atoms with Gasteiger partial charge >= 0.3 is 0 Å². The fourth-order valence-electron chi connectivity index (χ4n) is 1.82. The minimum absolute atomic E-state index is 0.0694. The van der Waals surface area contributed by atoms with Gasteiger partial charge in [-0.3, -0.25) is 9.80 Å². The predicted octanol–water partition coefficient (Wildman–Crippen LogP) is 2.74. The average molecular weight is 249 g/mol. The summed E-state index contributed by atoms with van der Waals surface area (Å²) in [6, 6.07) is 9.75. The Hall–Kier alpha value is -1.61. The normalized spacial score (nSPS) is 24.7. The molecule has 0 saturated carbocycles. The number of carbonyl (C=O) groups is 1. The van der Waals surface area contributed by atoms with Crippen LogP contribution in [-0.4, -0.2) is 22.5 Å². The third-order valence-corrected chi connectivity index (χ3v) is 3.16. The van der Waals surface area contributed by atoms with E-state index < -0.39 is 5.00 Å². The summed E-state index contributed by atoms with van der Waals surface area (Å²) >= 11 is 6.23. The first-order chi connectivity index (χ1) is 8.17. The maximum absolute atomic E-state index is 11.1. The lowest BCUT2D eigenvalue weighted by Gasteiger charge is -2.36. The molecule has 2 atom stereocenters. The summed E-state index contributed by atoms with van der Waals surface area (Å²) in [5.74, 6) is 0. The molecule has 0 radical (unpaired) electrons. The van der Waals surface area contributed by atoms with Gasteiger partial charge in [-0.05, 0) is 24.6 Å². The lowest BCUT2D eigenvalue weighted by Crippen LogP contribution is -2.43. The zero-order valence-corrected chi connectivity index (χ0v) is 10.2. The van der Waals surface area contributed by atoms with E-state index in [1.54, 1.807) is 23.4 Å². The smallest absolute Gasteiger partial charge is 0.205 e. The molecule has 0 spiro atoms. The van der Waals surface area contributed by atoms with Crippen LogP contribution in [0.3, 0.4) is 0 Å². The van der Waals surface area contributed by atoms with Gasteiger partial charge in [0.25, 0.3) is 0 Å². The van der Waals surface area contributed by atoms with E-state index in [4.69, 9.17) is 11.6 Å². The van der Waals surface area contributed by atoms with E-state index in [1.807, 2.05) is 37.3 Å². The van der Waals surface area contributed by atoms with Gasteiger partial charge in [-0.15, -0.1) is 0 Å². The number of benzene rings is 1. The highest BCUT2D eigenvalue weighted by atomic mass is 35.5. The molecule has 0 N–H and O–H groups in total. The minimum Gasteiger partial charge on any atom is -0.299 e. The molecule has 4 heteroatoms. The molecule has 2 unspecified atom stereocenters. The van der Waals surface area contributed by atoms with Crippen molar-refractivity contribution in [1.29, 1.82) is 0 Å². The number of allylic oxidation sites excluding steroid dienone is 1. The largest absolute Gasteiger partial charge is 0.299 e. The molecule has 0 bridgehead atoms. The molecule has 0 aliphatic carbocycles. The van der Waals surface area contributed by atoms with Crippen molar-refractivity contribution in [3.63, 3.8) is 0 Å². The molecule has 17 heavy (non-hydrogen) atoms. The van der Waals surface area contributed by atoms with Crippen molar-refractivity contribution in [2.75, 3.05) is 0 Å². The Labute approximate surface area is 105 Å². The van der Waals surface area contributed by atoms with Gasteiger partial charge in [0.05, 0.1) is 6.04 Å². The van der Waals surface area contributed by atoms with Crippen molar-refractivity contribution in [2.24, 2.45) is 5.10 Å². The number of alkyl halides is 1. The molecule has 3 nitrogen and oxygen atoms in total. The lowest BCUT2D eigenvalue weighted by molar-refractivity contribution is -0.113. The van der Waals surface area contributed by atoms with Crippen molar-refractivity contribution in [1.82, 2.24) is 5.01 Å². The highest BCUT2D eigenvalue weighted by Gasteiger charge is 2.36. The van der Waals surface area contributed by atoms with Crippen LogP contribution in [0.1, 0.15) is 18.5 Å². The fourth-order valence-corrected chi connectivity index (χ4v) is 2.08. The van der Waals surface area contributed by atoms with Crippen molar-refractivity contribution in [2.45, 2.75) is 18.0 Å². The molecule has 0 amide bonds. The molecule has 1 heterocycles. The molecule has 1 aliphatic heterocycles. The van der Waals surface area contributed by atoms with Gasteiger partial charge in [-0.1, -0.05) is 41.9 Å². The lowest BCUT2D eigenvalue weighted by atomic mass is 10.1. The van der Waals surface area contributed by atoms with E-state index >= 15 is 0 Å². The fraction of sp³-hybridized carbons (Fsp3) is 0.231. The van der Waals surface area contributed by atoms with E-state index in [-0.39, 0.29) is 6.04 Å². The van der Waals surface area contributed by atoms with Crippen LogP contribution in [0.25, 0.3) is 0 Å². The van der Waals surface area contributed by atoms with Crippen LogP contribution in [-0.2, 0) is 4.79 Å². The molecule has 2 rings (SSSR count). The van der Waals surface area contributed by atoms with E-state index in [0.717, 1.165) is 5.56 Å². The van der Waals surface area contributed by atoms with Crippen molar-refractivity contribution < 1.29 is 4.79 Å². The van der Waals surface area contributed by atoms with E-state index in [2.05, 4.69) is 5.10 Å². The number of nitrogens with zero attached hydrogens (tertiary/aromatic N) is 2. The SMILES string of the molecule is CC(c1ccccc1)N1N=CC=CC1(Cl)C=O. The number of rotatable bonds is 3. The van der Waals surface area contributed by atoms with Crippen LogP contribution in [0.5, 0.6) is 0 Å². The van der Waals surface area contributed by atoms with Crippen LogP contribution in [0.15, 0.2) is 47.6 Å². The second-order valence-corrected chi connectivity index (χ2v) is 4.51. The second-order valence-electron chi connectivity index (χ2n) is 3.90.